The highest BCUT2D eigenvalue weighted by molar-refractivity contribution is 6.06. The van der Waals surface area contributed by atoms with E-state index in [1.54, 1.807) is 18.2 Å². The summed E-state index contributed by atoms with van der Waals surface area (Å²) in [6.07, 6.45) is 0. The Labute approximate surface area is 82.1 Å². The summed E-state index contributed by atoms with van der Waals surface area (Å²) in [5, 5.41) is 2.61. The van der Waals surface area contributed by atoms with Gasteiger partial charge in [-0.2, -0.15) is 0 Å². The molecule has 0 aromatic heterocycles. The SMILES string of the molecule is CCNC(=O)c1ccccc1C(N)=O. The van der Waals surface area contributed by atoms with Crippen LogP contribution in [0.15, 0.2) is 24.3 Å². The molecule has 4 nitrogen and oxygen atoms in total. The highest BCUT2D eigenvalue weighted by Crippen LogP contribution is 2.07. The summed E-state index contributed by atoms with van der Waals surface area (Å²) in [5.74, 6) is -0.867. The zero-order valence-electron chi connectivity index (χ0n) is 7.91. The van der Waals surface area contributed by atoms with E-state index in [0.717, 1.165) is 0 Å². The first-order valence-electron chi connectivity index (χ1n) is 4.33. The number of nitrogens with two attached hydrogens (primary N) is 1. The van der Waals surface area contributed by atoms with Crippen molar-refractivity contribution >= 4 is 11.8 Å². The Bertz CT molecular complexity index is 361. The summed E-state index contributed by atoms with van der Waals surface area (Å²) in [5.41, 5.74) is 5.70. The van der Waals surface area contributed by atoms with Gasteiger partial charge in [-0.1, -0.05) is 12.1 Å². The summed E-state index contributed by atoms with van der Waals surface area (Å²) in [7, 11) is 0. The van der Waals surface area contributed by atoms with Gasteiger partial charge in [0.1, 0.15) is 0 Å². The lowest BCUT2D eigenvalue weighted by atomic mass is 10.1. The maximum absolute atomic E-state index is 11.5. The zero-order chi connectivity index (χ0) is 10.6. The van der Waals surface area contributed by atoms with Crippen LogP contribution in [0.25, 0.3) is 0 Å². The molecule has 14 heavy (non-hydrogen) atoms. The van der Waals surface area contributed by atoms with Crippen LogP contribution >= 0.6 is 0 Å². The van der Waals surface area contributed by atoms with Crippen molar-refractivity contribution in [2.75, 3.05) is 6.54 Å². The fourth-order valence-electron chi connectivity index (χ4n) is 1.15. The van der Waals surface area contributed by atoms with E-state index in [2.05, 4.69) is 5.32 Å². The molecule has 0 radical (unpaired) electrons. The van der Waals surface area contributed by atoms with Crippen LogP contribution in [0.2, 0.25) is 0 Å². The van der Waals surface area contributed by atoms with Gasteiger partial charge in [-0.15, -0.1) is 0 Å². The Morgan fingerprint density at radius 1 is 1.29 bits per heavy atom. The molecule has 0 saturated heterocycles. The van der Waals surface area contributed by atoms with E-state index in [0.29, 0.717) is 12.1 Å². The molecule has 1 aromatic rings. The Kier molecular flexibility index (Phi) is 3.23. The average molecular weight is 192 g/mol. The minimum Gasteiger partial charge on any atom is -0.366 e. The van der Waals surface area contributed by atoms with Crippen molar-refractivity contribution in [2.24, 2.45) is 5.73 Å². The summed E-state index contributed by atoms with van der Waals surface area (Å²) >= 11 is 0. The van der Waals surface area contributed by atoms with Gasteiger partial charge in [0.15, 0.2) is 0 Å². The number of rotatable bonds is 3. The zero-order valence-corrected chi connectivity index (χ0v) is 7.91. The number of primary amides is 1. The van der Waals surface area contributed by atoms with Crippen molar-refractivity contribution < 1.29 is 9.59 Å². The van der Waals surface area contributed by atoms with Gasteiger partial charge in [0.25, 0.3) is 5.91 Å². The third-order valence-corrected chi connectivity index (χ3v) is 1.77. The highest BCUT2D eigenvalue weighted by Gasteiger charge is 2.12. The molecular formula is C10H12N2O2. The van der Waals surface area contributed by atoms with E-state index in [1.165, 1.54) is 6.07 Å². The van der Waals surface area contributed by atoms with Gasteiger partial charge in [-0.05, 0) is 19.1 Å². The van der Waals surface area contributed by atoms with Gasteiger partial charge in [0, 0.05) is 6.54 Å². The van der Waals surface area contributed by atoms with Gasteiger partial charge in [0.05, 0.1) is 11.1 Å². The molecule has 4 heteroatoms. The van der Waals surface area contributed by atoms with Crippen molar-refractivity contribution in [1.82, 2.24) is 5.32 Å². The minimum absolute atomic E-state index is 0.249. The average Bonchev–Trinajstić information content (AvgIpc) is 2.18. The second kappa shape index (κ2) is 4.41. The molecule has 1 aromatic carbocycles. The van der Waals surface area contributed by atoms with E-state index >= 15 is 0 Å². The number of carbonyl (C=O) groups is 2. The predicted molar refractivity (Wildman–Crippen MR) is 53.0 cm³/mol. The van der Waals surface area contributed by atoms with Gasteiger partial charge >= 0.3 is 0 Å². The molecule has 3 N–H and O–H groups in total. The van der Waals surface area contributed by atoms with E-state index in [-0.39, 0.29) is 11.5 Å². The normalized spacial score (nSPS) is 9.50. The molecule has 1 rings (SSSR count). The van der Waals surface area contributed by atoms with Crippen molar-refractivity contribution in [3.8, 4) is 0 Å². The van der Waals surface area contributed by atoms with E-state index < -0.39 is 5.91 Å². The van der Waals surface area contributed by atoms with E-state index in [1.807, 2.05) is 6.92 Å². The smallest absolute Gasteiger partial charge is 0.252 e. The molecule has 0 bridgehead atoms. The van der Waals surface area contributed by atoms with Gasteiger partial charge in [-0.3, -0.25) is 9.59 Å². The molecule has 0 saturated carbocycles. The van der Waals surface area contributed by atoms with Crippen molar-refractivity contribution in [1.29, 1.82) is 0 Å². The molecule has 0 aliphatic heterocycles. The van der Waals surface area contributed by atoms with Gasteiger partial charge in [0.2, 0.25) is 5.91 Å². The maximum Gasteiger partial charge on any atom is 0.252 e. The van der Waals surface area contributed by atoms with Crippen LogP contribution < -0.4 is 11.1 Å². The molecule has 0 unspecified atom stereocenters. The van der Waals surface area contributed by atoms with Crippen molar-refractivity contribution in [3.63, 3.8) is 0 Å². The lowest BCUT2D eigenvalue weighted by Gasteiger charge is -2.05. The van der Waals surface area contributed by atoms with Crippen molar-refractivity contribution in [2.45, 2.75) is 6.92 Å². The topological polar surface area (TPSA) is 72.2 Å². The number of benzene rings is 1. The molecule has 0 atom stereocenters. The predicted octanol–water partition coefficient (Wildman–Crippen LogP) is 0.535. The van der Waals surface area contributed by atoms with Crippen LogP contribution in [0.4, 0.5) is 0 Å². The highest BCUT2D eigenvalue weighted by atomic mass is 16.2. The third kappa shape index (κ3) is 2.10. The first-order valence-corrected chi connectivity index (χ1v) is 4.33. The second-order valence-electron chi connectivity index (χ2n) is 2.77. The summed E-state index contributed by atoms with van der Waals surface area (Å²) in [6, 6.07) is 6.47. The van der Waals surface area contributed by atoms with Crippen LogP contribution in [0.1, 0.15) is 27.6 Å². The van der Waals surface area contributed by atoms with Crippen LogP contribution in [0.3, 0.4) is 0 Å². The molecule has 0 heterocycles. The quantitative estimate of drug-likeness (QED) is 0.733. The van der Waals surface area contributed by atoms with Crippen molar-refractivity contribution in [3.05, 3.63) is 35.4 Å². The molecule has 0 aliphatic carbocycles. The fourth-order valence-corrected chi connectivity index (χ4v) is 1.15. The Morgan fingerprint density at radius 3 is 2.36 bits per heavy atom. The lowest BCUT2D eigenvalue weighted by Crippen LogP contribution is -2.26. The largest absolute Gasteiger partial charge is 0.366 e. The maximum atomic E-state index is 11.5. The molecule has 2 amide bonds. The van der Waals surface area contributed by atoms with Crippen LogP contribution in [0.5, 0.6) is 0 Å². The van der Waals surface area contributed by atoms with E-state index in [9.17, 15) is 9.59 Å². The summed E-state index contributed by atoms with van der Waals surface area (Å²) < 4.78 is 0. The second-order valence-corrected chi connectivity index (χ2v) is 2.77. The monoisotopic (exact) mass is 192 g/mol. The Hall–Kier alpha value is -1.84. The summed E-state index contributed by atoms with van der Waals surface area (Å²) in [6.45, 7) is 2.33. The lowest BCUT2D eigenvalue weighted by molar-refractivity contribution is 0.0937. The van der Waals surface area contributed by atoms with Gasteiger partial charge < -0.3 is 11.1 Å². The number of hydrogen-bond acceptors (Lipinski definition) is 2. The molecule has 74 valence electrons. The number of hydrogen-bond donors (Lipinski definition) is 2. The van der Waals surface area contributed by atoms with Crippen LogP contribution in [0, 0.1) is 0 Å². The third-order valence-electron chi connectivity index (χ3n) is 1.77. The fraction of sp³-hybridized carbons (Fsp3) is 0.200. The molecule has 0 aliphatic rings. The minimum atomic E-state index is -0.591. The number of nitrogens with one attached hydrogen (secondary N) is 1. The Balaban J connectivity index is 3.07. The van der Waals surface area contributed by atoms with Crippen LogP contribution in [-0.2, 0) is 0 Å². The first-order chi connectivity index (χ1) is 6.66. The molecular weight excluding hydrogens is 180 g/mol. The van der Waals surface area contributed by atoms with Crippen LogP contribution in [-0.4, -0.2) is 18.4 Å². The number of carbonyl (C=O) groups excluding carboxylic acids is 2. The van der Waals surface area contributed by atoms with Gasteiger partial charge in [-0.25, -0.2) is 0 Å². The molecule has 0 spiro atoms. The Morgan fingerprint density at radius 2 is 1.86 bits per heavy atom. The molecule has 0 fully saturated rings. The standard InChI is InChI=1S/C10H12N2O2/c1-2-12-10(14)8-6-4-3-5-7(8)9(11)13/h3-6H,2H2,1H3,(H2,11,13)(H,12,14). The first kappa shape index (κ1) is 10.2. The number of amides is 2. The van der Waals surface area contributed by atoms with E-state index in [4.69, 9.17) is 5.73 Å². The summed E-state index contributed by atoms with van der Waals surface area (Å²) in [4.78, 5) is 22.4.